The molecule has 0 bridgehead atoms. The van der Waals surface area contributed by atoms with Crippen LogP contribution in [0.4, 0.5) is 17.3 Å². The van der Waals surface area contributed by atoms with Crippen molar-refractivity contribution < 1.29 is 23.8 Å². The Morgan fingerprint density at radius 1 is 1.30 bits per heavy atom. The molecule has 0 radical (unpaired) electrons. The van der Waals surface area contributed by atoms with Crippen molar-refractivity contribution in [1.29, 1.82) is 0 Å². The number of nitrogens with one attached hydrogen (secondary N) is 1. The molecule has 3 N–H and O–H groups in total. The summed E-state index contributed by atoms with van der Waals surface area (Å²) >= 11 is 0. The maximum absolute atomic E-state index is 12.6. The molecule has 0 saturated heterocycles. The zero-order valence-electron chi connectivity index (χ0n) is 15.2. The normalized spacial score (nSPS) is 15.6. The van der Waals surface area contributed by atoms with Gasteiger partial charge in [-0.15, -0.1) is 0 Å². The molecule has 1 unspecified atom stereocenters. The van der Waals surface area contributed by atoms with Gasteiger partial charge in [-0.3, -0.25) is 14.5 Å². The van der Waals surface area contributed by atoms with Crippen LogP contribution in [0.1, 0.15) is 6.92 Å². The van der Waals surface area contributed by atoms with E-state index in [1.54, 1.807) is 37.3 Å². The zero-order chi connectivity index (χ0) is 19.6. The number of nitrogen functional groups attached to an aromatic ring is 1. The predicted molar refractivity (Wildman–Crippen MR) is 99.3 cm³/mol. The first-order valence-electron chi connectivity index (χ1n) is 8.19. The molecule has 142 valence electrons. The highest BCUT2D eigenvalue weighted by Gasteiger charge is 2.34. The second kappa shape index (κ2) is 7.40. The lowest BCUT2D eigenvalue weighted by molar-refractivity contribution is -0.127. The van der Waals surface area contributed by atoms with Gasteiger partial charge in [-0.1, -0.05) is 0 Å². The SMILES string of the molecule is COc1ccc(NC(=O)CN2C(=O)C(C)Oc3ccc(N)nc32)c(OC)c1. The van der Waals surface area contributed by atoms with E-state index in [9.17, 15) is 9.59 Å². The van der Waals surface area contributed by atoms with E-state index in [0.717, 1.165) is 0 Å². The molecule has 0 fully saturated rings. The van der Waals surface area contributed by atoms with Crippen molar-refractivity contribution in [3.8, 4) is 17.2 Å². The van der Waals surface area contributed by atoms with E-state index in [2.05, 4.69) is 10.3 Å². The van der Waals surface area contributed by atoms with Crippen molar-refractivity contribution in [2.24, 2.45) is 0 Å². The molecule has 9 heteroatoms. The molecular weight excluding hydrogens is 352 g/mol. The van der Waals surface area contributed by atoms with Crippen LogP contribution in [-0.4, -0.2) is 43.7 Å². The van der Waals surface area contributed by atoms with Gasteiger partial charge >= 0.3 is 0 Å². The van der Waals surface area contributed by atoms with Gasteiger partial charge in [-0.25, -0.2) is 4.98 Å². The first kappa shape index (κ1) is 18.3. The van der Waals surface area contributed by atoms with Crippen molar-refractivity contribution in [3.05, 3.63) is 30.3 Å². The third kappa shape index (κ3) is 3.71. The molecule has 0 spiro atoms. The highest BCUT2D eigenvalue weighted by Crippen LogP contribution is 2.33. The summed E-state index contributed by atoms with van der Waals surface area (Å²) in [7, 11) is 3.02. The second-order valence-electron chi connectivity index (χ2n) is 5.86. The number of hydrogen-bond acceptors (Lipinski definition) is 7. The van der Waals surface area contributed by atoms with Gasteiger partial charge in [0.2, 0.25) is 5.91 Å². The van der Waals surface area contributed by atoms with E-state index < -0.39 is 12.0 Å². The molecule has 2 amide bonds. The minimum Gasteiger partial charge on any atom is -0.497 e. The highest BCUT2D eigenvalue weighted by atomic mass is 16.5. The number of carbonyl (C=O) groups excluding carboxylic acids is 2. The standard InChI is InChI=1S/C18H20N4O5/c1-10-18(24)22(17-13(27-10)6-7-15(19)21-17)9-16(23)20-12-5-4-11(25-2)8-14(12)26-3/h4-8,10H,9H2,1-3H3,(H2,19,21)(H,20,23). The number of anilines is 3. The monoisotopic (exact) mass is 372 g/mol. The van der Waals surface area contributed by atoms with Crippen LogP contribution in [0.5, 0.6) is 17.2 Å². The number of fused-ring (bicyclic) bond motifs is 1. The summed E-state index contributed by atoms with van der Waals surface area (Å²) in [5.41, 5.74) is 6.17. The molecule has 3 rings (SSSR count). The molecule has 0 saturated carbocycles. The van der Waals surface area contributed by atoms with Crippen molar-refractivity contribution >= 4 is 29.1 Å². The number of benzene rings is 1. The van der Waals surface area contributed by atoms with E-state index in [1.165, 1.54) is 19.1 Å². The lowest BCUT2D eigenvalue weighted by Crippen LogP contribution is -2.48. The Morgan fingerprint density at radius 2 is 2.07 bits per heavy atom. The number of nitrogens with zero attached hydrogens (tertiary/aromatic N) is 2. The summed E-state index contributed by atoms with van der Waals surface area (Å²) in [6.07, 6.45) is -0.730. The number of nitrogens with two attached hydrogens (primary N) is 1. The molecular formula is C18H20N4O5. The van der Waals surface area contributed by atoms with Crippen LogP contribution in [0.25, 0.3) is 0 Å². The smallest absolute Gasteiger partial charge is 0.269 e. The molecule has 0 aliphatic carbocycles. The van der Waals surface area contributed by atoms with Crippen molar-refractivity contribution in [2.75, 3.05) is 36.7 Å². The van der Waals surface area contributed by atoms with Crippen LogP contribution in [0.15, 0.2) is 30.3 Å². The minimum atomic E-state index is -0.730. The molecule has 27 heavy (non-hydrogen) atoms. The molecule has 1 aliphatic heterocycles. The summed E-state index contributed by atoms with van der Waals surface area (Å²) in [5.74, 6) is 1.07. The third-order valence-electron chi connectivity index (χ3n) is 4.02. The van der Waals surface area contributed by atoms with Gasteiger partial charge in [-0.2, -0.15) is 0 Å². The lowest BCUT2D eigenvalue weighted by Gasteiger charge is -2.31. The summed E-state index contributed by atoms with van der Waals surface area (Å²) < 4.78 is 15.9. The molecule has 1 aliphatic rings. The van der Waals surface area contributed by atoms with Gasteiger partial charge in [0.25, 0.3) is 5.91 Å². The second-order valence-corrected chi connectivity index (χ2v) is 5.86. The van der Waals surface area contributed by atoms with Gasteiger partial charge in [0, 0.05) is 6.07 Å². The maximum Gasteiger partial charge on any atom is 0.269 e. The number of pyridine rings is 1. The van der Waals surface area contributed by atoms with E-state index >= 15 is 0 Å². The quantitative estimate of drug-likeness (QED) is 0.815. The topological polar surface area (TPSA) is 116 Å². The highest BCUT2D eigenvalue weighted by molar-refractivity contribution is 6.05. The number of carbonyl (C=O) groups is 2. The fourth-order valence-corrected chi connectivity index (χ4v) is 2.69. The molecule has 9 nitrogen and oxygen atoms in total. The number of rotatable bonds is 5. The van der Waals surface area contributed by atoms with E-state index in [-0.39, 0.29) is 24.1 Å². The van der Waals surface area contributed by atoms with Crippen LogP contribution in [0, 0.1) is 0 Å². The minimum absolute atomic E-state index is 0.218. The number of methoxy groups -OCH3 is 2. The fourth-order valence-electron chi connectivity index (χ4n) is 2.69. The van der Waals surface area contributed by atoms with Crippen molar-refractivity contribution in [3.63, 3.8) is 0 Å². The predicted octanol–water partition coefficient (Wildman–Crippen LogP) is 1.43. The summed E-state index contributed by atoms with van der Waals surface area (Å²) in [5, 5.41) is 2.73. The fraction of sp³-hybridized carbons (Fsp3) is 0.278. The Balaban J connectivity index is 1.82. The van der Waals surface area contributed by atoms with Crippen LogP contribution >= 0.6 is 0 Å². The molecule has 2 heterocycles. The van der Waals surface area contributed by atoms with Crippen LogP contribution in [-0.2, 0) is 9.59 Å². The third-order valence-corrected chi connectivity index (χ3v) is 4.02. The average molecular weight is 372 g/mol. The van der Waals surface area contributed by atoms with Crippen LogP contribution in [0.2, 0.25) is 0 Å². The number of hydrogen-bond donors (Lipinski definition) is 2. The Hall–Kier alpha value is -3.49. The Kier molecular flexibility index (Phi) is 5.02. The lowest BCUT2D eigenvalue weighted by atomic mass is 10.2. The molecule has 1 aromatic heterocycles. The largest absolute Gasteiger partial charge is 0.497 e. The molecule has 1 aromatic carbocycles. The summed E-state index contributed by atoms with van der Waals surface area (Å²) in [4.78, 5) is 30.4. The zero-order valence-corrected chi connectivity index (χ0v) is 15.2. The van der Waals surface area contributed by atoms with Crippen LogP contribution < -0.4 is 30.2 Å². The number of amides is 2. The average Bonchev–Trinajstić information content (AvgIpc) is 2.66. The van der Waals surface area contributed by atoms with Gasteiger partial charge < -0.3 is 25.3 Å². The number of aromatic nitrogens is 1. The van der Waals surface area contributed by atoms with Crippen LogP contribution in [0.3, 0.4) is 0 Å². The van der Waals surface area contributed by atoms with Gasteiger partial charge in [0.15, 0.2) is 17.7 Å². The van der Waals surface area contributed by atoms with E-state index in [1.807, 2.05) is 0 Å². The van der Waals surface area contributed by atoms with Crippen molar-refractivity contribution in [1.82, 2.24) is 4.98 Å². The van der Waals surface area contributed by atoms with Crippen molar-refractivity contribution in [2.45, 2.75) is 13.0 Å². The van der Waals surface area contributed by atoms with Gasteiger partial charge in [0.1, 0.15) is 23.9 Å². The maximum atomic E-state index is 12.6. The summed E-state index contributed by atoms with van der Waals surface area (Å²) in [6.45, 7) is 1.37. The Morgan fingerprint density at radius 3 is 2.78 bits per heavy atom. The Bertz CT molecular complexity index is 886. The Labute approximate surface area is 156 Å². The summed E-state index contributed by atoms with van der Waals surface area (Å²) in [6, 6.07) is 8.19. The molecule has 1 atom stereocenters. The number of ether oxygens (including phenoxy) is 3. The van der Waals surface area contributed by atoms with Gasteiger partial charge in [-0.05, 0) is 31.2 Å². The van der Waals surface area contributed by atoms with E-state index in [4.69, 9.17) is 19.9 Å². The van der Waals surface area contributed by atoms with E-state index in [0.29, 0.717) is 22.9 Å². The van der Waals surface area contributed by atoms with Gasteiger partial charge in [0.05, 0.1) is 19.9 Å². The first-order chi connectivity index (χ1) is 12.9. The molecule has 2 aromatic rings. The first-order valence-corrected chi connectivity index (χ1v) is 8.19.